The number of anilines is 2. The zero-order valence-electron chi connectivity index (χ0n) is 13.6. The molecular formula is C17H27N3O. The Hall–Kier alpha value is -1.55. The third-order valence-electron chi connectivity index (χ3n) is 3.73. The van der Waals surface area contributed by atoms with Crippen molar-refractivity contribution in [2.75, 3.05) is 29.9 Å². The lowest BCUT2D eigenvalue weighted by atomic mass is 10.1. The van der Waals surface area contributed by atoms with Crippen LogP contribution in [0.3, 0.4) is 0 Å². The van der Waals surface area contributed by atoms with Gasteiger partial charge in [-0.15, -0.1) is 0 Å². The van der Waals surface area contributed by atoms with Gasteiger partial charge in [-0.3, -0.25) is 4.79 Å². The SMILES string of the molecule is Cc1cc(N2CCCC2)ccc1NC(=O)CNC(C)(C)C. The van der Waals surface area contributed by atoms with Gasteiger partial charge in [0.05, 0.1) is 6.54 Å². The Morgan fingerprint density at radius 2 is 1.90 bits per heavy atom. The van der Waals surface area contributed by atoms with Crippen molar-refractivity contribution in [3.8, 4) is 0 Å². The van der Waals surface area contributed by atoms with Gasteiger partial charge < -0.3 is 15.5 Å². The van der Waals surface area contributed by atoms with Crippen LogP contribution in [0.15, 0.2) is 18.2 Å². The van der Waals surface area contributed by atoms with Crippen molar-refractivity contribution in [1.82, 2.24) is 5.32 Å². The van der Waals surface area contributed by atoms with Gasteiger partial charge in [0.2, 0.25) is 5.91 Å². The molecule has 2 N–H and O–H groups in total. The fraction of sp³-hybridized carbons (Fsp3) is 0.588. The molecule has 0 atom stereocenters. The Morgan fingerprint density at radius 3 is 2.48 bits per heavy atom. The first-order valence-electron chi connectivity index (χ1n) is 7.76. The smallest absolute Gasteiger partial charge is 0.238 e. The number of hydrogen-bond acceptors (Lipinski definition) is 3. The zero-order valence-corrected chi connectivity index (χ0v) is 13.6. The lowest BCUT2D eigenvalue weighted by Gasteiger charge is -2.21. The second kappa shape index (κ2) is 6.48. The summed E-state index contributed by atoms with van der Waals surface area (Å²) in [5, 5.41) is 6.18. The van der Waals surface area contributed by atoms with E-state index in [1.54, 1.807) is 0 Å². The van der Waals surface area contributed by atoms with Crippen LogP contribution in [0, 0.1) is 6.92 Å². The molecule has 0 saturated carbocycles. The maximum Gasteiger partial charge on any atom is 0.238 e. The summed E-state index contributed by atoms with van der Waals surface area (Å²) in [6, 6.07) is 6.28. The molecule has 1 aliphatic rings. The first-order valence-corrected chi connectivity index (χ1v) is 7.76. The van der Waals surface area contributed by atoms with Gasteiger partial charge in [0.15, 0.2) is 0 Å². The van der Waals surface area contributed by atoms with Crippen LogP contribution in [0.1, 0.15) is 39.2 Å². The monoisotopic (exact) mass is 289 g/mol. The van der Waals surface area contributed by atoms with Crippen LogP contribution in [-0.4, -0.2) is 31.1 Å². The van der Waals surface area contributed by atoms with Crippen molar-refractivity contribution in [3.63, 3.8) is 0 Å². The first-order chi connectivity index (χ1) is 9.85. The van der Waals surface area contributed by atoms with Crippen molar-refractivity contribution in [2.24, 2.45) is 0 Å². The number of hydrogen-bond donors (Lipinski definition) is 2. The Balaban J connectivity index is 1.96. The molecule has 0 unspecified atom stereocenters. The summed E-state index contributed by atoms with van der Waals surface area (Å²) in [7, 11) is 0. The molecule has 1 fully saturated rings. The number of benzene rings is 1. The molecule has 0 radical (unpaired) electrons. The van der Waals surface area contributed by atoms with Crippen LogP contribution < -0.4 is 15.5 Å². The molecule has 0 aromatic heterocycles. The van der Waals surface area contributed by atoms with Crippen LogP contribution in [0.4, 0.5) is 11.4 Å². The average Bonchev–Trinajstić information content (AvgIpc) is 2.92. The normalized spacial score (nSPS) is 15.3. The molecule has 0 aliphatic carbocycles. The van der Waals surface area contributed by atoms with Gasteiger partial charge in [0.25, 0.3) is 0 Å². The highest BCUT2D eigenvalue weighted by Crippen LogP contribution is 2.25. The fourth-order valence-electron chi connectivity index (χ4n) is 2.50. The second-order valence-corrected chi connectivity index (χ2v) is 6.85. The molecule has 4 heteroatoms. The molecule has 1 aromatic rings. The van der Waals surface area contributed by atoms with Crippen molar-refractivity contribution >= 4 is 17.3 Å². The molecule has 2 rings (SSSR count). The maximum atomic E-state index is 12.0. The van der Waals surface area contributed by atoms with Crippen LogP contribution >= 0.6 is 0 Å². The highest BCUT2D eigenvalue weighted by Gasteiger charge is 2.14. The Morgan fingerprint density at radius 1 is 1.24 bits per heavy atom. The van der Waals surface area contributed by atoms with Gasteiger partial charge in [-0.2, -0.15) is 0 Å². The van der Waals surface area contributed by atoms with Crippen LogP contribution in [0.25, 0.3) is 0 Å². The largest absolute Gasteiger partial charge is 0.372 e. The number of nitrogens with zero attached hydrogens (tertiary/aromatic N) is 1. The minimum absolute atomic E-state index is 0.00180. The van der Waals surface area contributed by atoms with Crippen LogP contribution in [-0.2, 0) is 4.79 Å². The molecule has 1 aliphatic heterocycles. The van der Waals surface area contributed by atoms with E-state index in [2.05, 4.69) is 48.4 Å². The number of rotatable bonds is 4. The molecular weight excluding hydrogens is 262 g/mol. The lowest BCUT2D eigenvalue weighted by Crippen LogP contribution is -2.41. The van der Waals surface area contributed by atoms with Gasteiger partial charge in [0, 0.05) is 30.0 Å². The molecule has 1 saturated heterocycles. The van der Waals surface area contributed by atoms with Crippen molar-refractivity contribution in [1.29, 1.82) is 0 Å². The predicted octanol–water partition coefficient (Wildman–Crippen LogP) is 2.92. The van der Waals surface area contributed by atoms with Gasteiger partial charge in [-0.25, -0.2) is 0 Å². The summed E-state index contributed by atoms with van der Waals surface area (Å²) >= 11 is 0. The number of nitrogens with one attached hydrogen (secondary N) is 2. The number of carbonyl (C=O) groups is 1. The van der Waals surface area contributed by atoms with Gasteiger partial charge in [-0.1, -0.05) is 0 Å². The third-order valence-corrected chi connectivity index (χ3v) is 3.73. The molecule has 1 amide bonds. The third kappa shape index (κ3) is 4.74. The van der Waals surface area contributed by atoms with E-state index in [0.29, 0.717) is 6.54 Å². The predicted molar refractivity (Wildman–Crippen MR) is 89.0 cm³/mol. The molecule has 0 spiro atoms. The van der Waals surface area contributed by atoms with E-state index in [0.717, 1.165) is 24.3 Å². The first kappa shape index (κ1) is 15.8. The lowest BCUT2D eigenvalue weighted by molar-refractivity contribution is -0.115. The molecule has 1 aromatic carbocycles. The zero-order chi connectivity index (χ0) is 15.5. The maximum absolute atomic E-state index is 12.0. The summed E-state index contributed by atoms with van der Waals surface area (Å²) in [6.45, 7) is 10.8. The molecule has 4 nitrogen and oxygen atoms in total. The quantitative estimate of drug-likeness (QED) is 0.896. The van der Waals surface area contributed by atoms with E-state index in [1.165, 1.54) is 18.5 Å². The number of aryl methyl sites for hydroxylation is 1. The summed E-state index contributed by atoms with van der Waals surface area (Å²) in [6.07, 6.45) is 2.55. The fourth-order valence-corrected chi connectivity index (χ4v) is 2.50. The van der Waals surface area contributed by atoms with Crippen LogP contribution in [0.5, 0.6) is 0 Å². The van der Waals surface area contributed by atoms with Crippen molar-refractivity contribution < 1.29 is 4.79 Å². The van der Waals surface area contributed by atoms with E-state index >= 15 is 0 Å². The molecule has 116 valence electrons. The standard InChI is InChI=1S/C17H27N3O/c1-13-11-14(20-9-5-6-10-20)7-8-15(13)19-16(21)12-18-17(2,3)4/h7-8,11,18H,5-6,9-10,12H2,1-4H3,(H,19,21). The van der Waals surface area contributed by atoms with Crippen molar-refractivity contribution in [3.05, 3.63) is 23.8 Å². The van der Waals surface area contributed by atoms with E-state index in [-0.39, 0.29) is 11.4 Å². The van der Waals surface area contributed by atoms with E-state index in [9.17, 15) is 4.79 Å². The van der Waals surface area contributed by atoms with E-state index in [1.807, 2.05) is 13.0 Å². The summed E-state index contributed by atoms with van der Waals surface area (Å²) in [4.78, 5) is 14.4. The van der Waals surface area contributed by atoms with Crippen molar-refractivity contribution in [2.45, 2.75) is 46.1 Å². The van der Waals surface area contributed by atoms with Gasteiger partial charge in [-0.05, 0) is 64.3 Å². The minimum Gasteiger partial charge on any atom is -0.372 e. The molecule has 0 bridgehead atoms. The van der Waals surface area contributed by atoms with Crippen LogP contribution in [0.2, 0.25) is 0 Å². The Labute approximate surface area is 127 Å². The molecule has 1 heterocycles. The highest BCUT2D eigenvalue weighted by molar-refractivity contribution is 5.93. The Bertz CT molecular complexity index is 499. The van der Waals surface area contributed by atoms with E-state index in [4.69, 9.17) is 0 Å². The second-order valence-electron chi connectivity index (χ2n) is 6.85. The highest BCUT2D eigenvalue weighted by atomic mass is 16.1. The van der Waals surface area contributed by atoms with Gasteiger partial charge in [0.1, 0.15) is 0 Å². The summed E-state index contributed by atoms with van der Waals surface area (Å²) in [5.74, 6) is 0.00180. The average molecular weight is 289 g/mol. The molecule has 21 heavy (non-hydrogen) atoms. The summed E-state index contributed by atoms with van der Waals surface area (Å²) < 4.78 is 0. The number of amides is 1. The minimum atomic E-state index is -0.0496. The topological polar surface area (TPSA) is 44.4 Å². The van der Waals surface area contributed by atoms with Gasteiger partial charge >= 0.3 is 0 Å². The van der Waals surface area contributed by atoms with E-state index < -0.39 is 0 Å². The Kier molecular flexibility index (Phi) is 4.88. The summed E-state index contributed by atoms with van der Waals surface area (Å²) in [5.41, 5.74) is 3.23. The number of carbonyl (C=O) groups excluding carboxylic acids is 1.